The van der Waals surface area contributed by atoms with Gasteiger partial charge in [-0.1, -0.05) is 24.3 Å². The Labute approximate surface area is 135 Å². The lowest BCUT2D eigenvalue weighted by molar-refractivity contribution is -0.121. The molecule has 7 heteroatoms. The number of anilines is 1. The first kappa shape index (κ1) is 15.8. The number of amides is 1. The minimum atomic E-state index is -3.71. The summed E-state index contributed by atoms with van der Waals surface area (Å²) in [4.78, 5) is 12.5. The zero-order chi connectivity index (χ0) is 16.8. The largest absolute Gasteiger partial charge is 0.348 e. The van der Waals surface area contributed by atoms with Crippen LogP contribution in [0, 0.1) is 0 Å². The summed E-state index contributed by atoms with van der Waals surface area (Å²) in [5.74, 6) is -0.381. The predicted molar refractivity (Wildman–Crippen MR) is 89.8 cm³/mol. The Morgan fingerprint density at radius 1 is 1.22 bits per heavy atom. The summed E-state index contributed by atoms with van der Waals surface area (Å²) in [6.07, 6.45) is 0. The van der Waals surface area contributed by atoms with Crippen LogP contribution in [0.5, 0.6) is 0 Å². The van der Waals surface area contributed by atoms with Gasteiger partial charge < -0.3 is 11.1 Å². The Bertz CT molecular complexity index is 885. The van der Waals surface area contributed by atoms with Crippen LogP contribution < -0.4 is 15.4 Å². The van der Waals surface area contributed by atoms with Crippen LogP contribution in [0.3, 0.4) is 0 Å². The molecule has 1 amide bonds. The summed E-state index contributed by atoms with van der Waals surface area (Å²) in [6, 6.07) is 10.5. The van der Waals surface area contributed by atoms with E-state index in [0.717, 1.165) is 9.69 Å². The Kier molecular flexibility index (Phi) is 3.57. The van der Waals surface area contributed by atoms with E-state index in [9.17, 15) is 13.2 Å². The van der Waals surface area contributed by atoms with Gasteiger partial charge in [0.2, 0.25) is 5.91 Å². The van der Waals surface area contributed by atoms with Gasteiger partial charge in [0.25, 0.3) is 10.0 Å². The lowest BCUT2D eigenvalue weighted by Crippen LogP contribution is -2.52. The third kappa shape index (κ3) is 2.55. The number of hydrogen-bond acceptors (Lipinski definition) is 4. The van der Waals surface area contributed by atoms with Gasteiger partial charge in [-0.05, 0) is 31.4 Å². The van der Waals surface area contributed by atoms with Crippen LogP contribution in [-0.2, 0) is 14.8 Å². The highest BCUT2D eigenvalue weighted by atomic mass is 32.2. The summed E-state index contributed by atoms with van der Waals surface area (Å²) in [6.45, 7) is 3.58. The summed E-state index contributed by atoms with van der Waals surface area (Å²) in [5, 5.41) is 4.27. The maximum atomic E-state index is 12.8. The monoisotopic (exact) mass is 333 g/mol. The molecule has 1 aliphatic rings. The van der Waals surface area contributed by atoms with E-state index in [2.05, 4.69) is 5.32 Å². The first-order valence-electron chi connectivity index (χ1n) is 7.32. The van der Waals surface area contributed by atoms with Crippen molar-refractivity contribution in [3.05, 3.63) is 36.4 Å². The van der Waals surface area contributed by atoms with Crippen molar-refractivity contribution in [1.29, 1.82) is 0 Å². The normalized spacial score (nSPS) is 15.9. The predicted octanol–water partition coefficient (Wildman–Crippen LogP) is 1.20. The lowest BCUT2D eigenvalue weighted by atomic mass is 10.1. The van der Waals surface area contributed by atoms with Crippen LogP contribution in [0.1, 0.15) is 13.8 Å². The Hall–Kier alpha value is -2.12. The Morgan fingerprint density at radius 2 is 1.87 bits per heavy atom. The first-order valence-corrected chi connectivity index (χ1v) is 8.76. The van der Waals surface area contributed by atoms with Gasteiger partial charge in [0.15, 0.2) is 0 Å². The second-order valence-corrected chi connectivity index (χ2v) is 8.11. The first-order chi connectivity index (χ1) is 10.8. The molecule has 0 bridgehead atoms. The van der Waals surface area contributed by atoms with Crippen LogP contribution >= 0.6 is 0 Å². The molecule has 0 fully saturated rings. The number of hydrogen-bond donors (Lipinski definition) is 2. The maximum Gasteiger partial charge on any atom is 0.265 e. The van der Waals surface area contributed by atoms with Crippen molar-refractivity contribution in [2.75, 3.05) is 17.4 Å². The van der Waals surface area contributed by atoms with Crippen molar-refractivity contribution in [3.8, 4) is 0 Å². The van der Waals surface area contributed by atoms with Gasteiger partial charge in [0.1, 0.15) is 6.54 Å². The topological polar surface area (TPSA) is 92.5 Å². The van der Waals surface area contributed by atoms with E-state index >= 15 is 0 Å². The van der Waals surface area contributed by atoms with Gasteiger partial charge in [-0.2, -0.15) is 0 Å². The molecule has 0 aromatic heterocycles. The lowest BCUT2D eigenvalue weighted by Gasteiger charge is -2.26. The molecule has 0 radical (unpaired) electrons. The van der Waals surface area contributed by atoms with E-state index in [1.54, 1.807) is 38.1 Å². The fourth-order valence-corrected chi connectivity index (χ4v) is 4.39. The van der Waals surface area contributed by atoms with Gasteiger partial charge in [-0.15, -0.1) is 0 Å². The van der Waals surface area contributed by atoms with E-state index in [0.29, 0.717) is 11.1 Å². The number of rotatable bonds is 4. The fraction of sp³-hybridized carbons (Fsp3) is 0.312. The quantitative estimate of drug-likeness (QED) is 0.879. The molecule has 0 spiro atoms. The SMILES string of the molecule is CC(C)(CN)NC(=O)CN1c2cccc3cccc(c23)S1(=O)=O. The van der Waals surface area contributed by atoms with Crippen molar-refractivity contribution in [3.63, 3.8) is 0 Å². The highest BCUT2D eigenvalue weighted by Gasteiger charge is 2.37. The number of carbonyl (C=O) groups is 1. The van der Waals surface area contributed by atoms with Crippen LogP contribution in [0.25, 0.3) is 10.8 Å². The Morgan fingerprint density at radius 3 is 2.52 bits per heavy atom. The standard InChI is InChI=1S/C16H19N3O3S/c1-16(2,10-17)18-14(20)9-19-12-7-3-5-11-6-4-8-13(15(11)12)23(19,21)22/h3-8H,9-10,17H2,1-2H3,(H,18,20). The molecule has 0 saturated heterocycles. The average molecular weight is 333 g/mol. The zero-order valence-electron chi connectivity index (χ0n) is 13.0. The molecule has 2 aromatic carbocycles. The van der Waals surface area contributed by atoms with Crippen LogP contribution in [0.2, 0.25) is 0 Å². The summed E-state index contributed by atoms with van der Waals surface area (Å²) >= 11 is 0. The van der Waals surface area contributed by atoms with Crippen molar-refractivity contribution in [1.82, 2.24) is 5.32 Å². The van der Waals surface area contributed by atoms with E-state index in [1.807, 2.05) is 12.1 Å². The molecule has 1 heterocycles. The smallest absolute Gasteiger partial charge is 0.265 e. The zero-order valence-corrected chi connectivity index (χ0v) is 13.9. The van der Waals surface area contributed by atoms with E-state index in [-0.39, 0.29) is 23.9 Å². The third-order valence-corrected chi connectivity index (χ3v) is 5.76. The second-order valence-electron chi connectivity index (χ2n) is 6.28. The molecule has 0 aliphatic carbocycles. The molecule has 3 rings (SSSR count). The highest BCUT2D eigenvalue weighted by Crippen LogP contribution is 2.41. The van der Waals surface area contributed by atoms with Crippen LogP contribution in [-0.4, -0.2) is 33.0 Å². The number of benzene rings is 2. The number of nitrogens with zero attached hydrogens (tertiary/aromatic N) is 1. The third-order valence-electron chi connectivity index (χ3n) is 3.96. The molecule has 2 aromatic rings. The molecule has 6 nitrogen and oxygen atoms in total. The van der Waals surface area contributed by atoms with Gasteiger partial charge in [-0.3, -0.25) is 9.10 Å². The molecule has 0 atom stereocenters. The number of nitrogens with one attached hydrogen (secondary N) is 1. The Balaban J connectivity index is 1.99. The number of sulfonamides is 1. The van der Waals surface area contributed by atoms with E-state index in [1.165, 1.54) is 0 Å². The van der Waals surface area contributed by atoms with Gasteiger partial charge in [0.05, 0.1) is 10.6 Å². The molecular weight excluding hydrogens is 314 g/mol. The molecule has 0 unspecified atom stereocenters. The summed E-state index contributed by atoms with van der Waals surface area (Å²) in [5.41, 5.74) is 5.56. The number of carbonyl (C=O) groups excluding carboxylic acids is 1. The van der Waals surface area contributed by atoms with Crippen LogP contribution in [0.15, 0.2) is 41.3 Å². The molecule has 3 N–H and O–H groups in total. The summed E-state index contributed by atoms with van der Waals surface area (Å²) < 4.78 is 26.7. The average Bonchev–Trinajstić information content (AvgIpc) is 2.71. The second kappa shape index (κ2) is 5.21. The molecule has 23 heavy (non-hydrogen) atoms. The molecule has 1 aliphatic heterocycles. The minimum absolute atomic E-state index is 0.247. The molecular formula is C16H19N3O3S. The maximum absolute atomic E-state index is 12.8. The van der Waals surface area contributed by atoms with Crippen LogP contribution in [0.4, 0.5) is 5.69 Å². The van der Waals surface area contributed by atoms with Gasteiger partial charge >= 0.3 is 0 Å². The van der Waals surface area contributed by atoms with E-state index in [4.69, 9.17) is 5.73 Å². The van der Waals surface area contributed by atoms with Gasteiger partial charge in [0, 0.05) is 17.5 Å². The molecule has 0 saturated carbocycles. The van der Waals surface area contributed by atoms with Crippen molar-refractivity contribution < 1.29 is 13.2 Å². The molecule has 122 valence electrons. The minimum Gasteiger partial charge on any atom is -0.348 e. The van der Waals surface area contributed by atoms with Gasteiger partial charge in [-0.25, -0.2) is 8.42 Å². The summed E-state index contributed by atoms with van der Waals surface area (Å²) in [7, 11) is -3.71. The number of nitrogens with two attached hydrogens (primary N) is 1. The van der Waals surface area contributed by atoms with Crippen molar-refractivity contribution in [2.24, 2.45) is 5.73 Å². The highest BCUT2D eigenvalue weighted by molar-refractivity contribution is 7.93. The fourth-order valence-electron chi connectivity index (χ4n) is 2.73. The van der Waals surface area contributed by atoms with E-state index < -0.39 is 15.6 Å². The van der Waals surface area contributed by atoms with Crippen molar-refractivity contribution in [2.45, 2.75) is 24.3 Å². The van der Waals surface area contributed by atoms with Crippen molar-refractivity contribution >= 4 is 32.4 Å².